The molecule has 1 aromatic heterocycles. The fourth-order valence-electron chi connectivity index (χ4n) is 4.06. The van der Waals surface area contributed by atoms with Gasteiger partial charge >= 0.3 is 0 Å². The summed E-state index contributed by atoms with van der Waals surface area (Å²) in [6, 6.07) is 6.92. The number of halogens is 3. The van der Waals surface area contributed by atoms with E-state index in [0.717, 1.165) is 24.2 Å². The number of carbonyl (C=O) groups excluding carboxylic acids is 1. The molecule has 1 heterocycles. The number of benzene rings is 1. The van der Waals surface area contributed by atoms with Crippen LogP contribution in [0.1, 0.15) is 49.1 Å². The molecule has 0 spiro atoms. The van der Waals surface area contributed by atoms with Gasteiger partial charge in [-0.15, -0.1) is 5.10 Å². The van der Waals surface area contributed by atoms with Crippen molar-refractivity contribution in [1.82, 2.24) is 10.1 Å². The summed E-state index contributed by atoms with van der Waals surface area (Å²) in [5.41, 5.74) is 7.34. The first kappa shape index (κ1) is 22.9. The Morgan fingerprint density at radius 3 is 2.62 bits per heavy atom. The summed E-state index contributed by atoms with van der Waals surface area (Å²) < 4.78 is 28.3. The number of alkyl halides is 2. The van der Waals surface area contributed by atoms with Crippen molar-refractivity contribution in [3.8, 4) is 0 Å². The van der Waals surface area contributed by atoms with Crippen LogP contribution in [-0.4, -0.2) is 34.3 Å². The maximum Gasteiger partial charge on any atom is 0.248 e. The maximum atomic E-state index is 13.9. The van der Waals surface area contributed by atoms with E-state index in [1.54, 1.807) is 24.3 Å². The van der Waals surface area contributed by atoms with E-state index in [4.69, 9.17) is 23.2 Å². The number of amidine groups is 1. The second-order valence-corrected chi connectivity index (χ2v) is 10.1. The van der Waals surface area contributed by atoms with Gasteiger partial charge in [-0.2, -0.15) is 0 Å². The van der Waals surface area contributed by atoms with E-state index < -0.39 is 17.8 Å². The average molecular weight is 483 g/mol. The summed E-state index contributed by atoms with van der Waals surface area (Å²) in [5.74, 6) is 2.31. The first-order chi connectivity index (χ1) is 15.2. The molecule has 2 aliphatic carbocycles. The van der Waals surface area contributed by atoms with Gasteiger partial charge in [-0.1, -0.05) is 47.2 Å². The molecule has 1 amide bonds. The molecule has 2 aromatic rings. The van der Waals surface area contributed by atoms with Crippen molar-refractivity contribution >= 4 is 39.8 Å². The number of hydrogen-bond acceptors (Lipinski definition) is 6. The third kappa shape index (κ3) is 5.73. The number of hydrazine groups is 1. The van der Waals surface area contributed by atoms with Crippen LogP contribution in [0.3, 0.4) is 0 Å². The minimum atomic E-state index is -2.77. The predicted molar refractivity (Wildman–Crippen MR) is 122 cm³/mol. The highest BCUT2D eigenvalue weighted by atomic mass is 35.5. The van der Waals surface area contributed by atoms with E-state index >= 15 is 0 Å². The van der Waals surface area contributed by atoms with E-state index in [1.807, 2.05) is 0 Å². The molecule has 2 fully saturated rings. The van der Waals surface area contributed by atoms with Crippen molar-refractivity contribution in [2.24, 2.45) is 28.5 Å². The normalized spacial score (nSPS) is 21.4. The van der Waals surface area contributed by atoms with Crippen LogP contribution in [0.15, 0.2) is 35.6 Å². The van der Waals surface area contributed by atoms with Crippen molar-refractivity contribution in [1.29, 1.82) is 0 Å². The first-order valence-corrected chi connectivity index (χ1v) is 11.7. The Morgan fingerprint density at radius 2 is 2.06 bits per heavy atom. The van der Waals surface area contributed by atoms with Crippen LogP contribution in [0.4, 0.5) is 13.9 Å². The van der Waals surface area contributed by atoms with Gasteiger partial charge in [0.05, 0.1) is 18.7 Å². The molecule has 0 bridgehead atoms. The highest BCUT2D eigenvalue weighted by Gasteiger charge is 2.45. The quantitative estimate of drug-likeness (QED) is 0.226. The molecule has 4 rings (SSSR count). The summed E-state index contributed by atoms with van der Waals surface area (Å²) in [6.45, 7) is 0.650. The van der Waals surface area contributed by atoms with Gasteiger partial charge in [0, 0.05) is 18.4 Å². The lowest BCUT2D eigenvalue weighted by molar-refractivity contribution is -0.118. The average Bonchev–Trinajstić information content (AvgIpc) is 3.33. The molecule has 1 aromatic carbocycles. The number of aromatic nitrogens is 1. The molecule has 2 unspecified atom stereocenters. The van der Waals surface area contributed by atoms with Gasteiger partial charge in [0.1, 0.15) is 4.34 Å². The number of nitrogens with two attached hydrogens (primary N) is 2. The fourth-order valence-corrected chi connectivity index (χ4v) is 4.88. The van der Waals surface area contributed by atoms with Crippen LogP contribution in [-0.2, 0) is 4.79 Å². The van der Waals surface area contributed by atoms with E-state index in [2.05, 4.69) is 15.4 Å². The molecular weight excluding hydrogens is 458 g/mol. The Hall–Kier alpha value is -2.30. The molecular formula is C21H25ClF2N6OS. The second-order valence-electron chi connectivity index (χ2n) is 8.47. The van der Waals surface area contributed by atoms with Gasteiger partial charge in [-0.3, -0.25) is 4.79 Å². The topological polar surface area (TPSA) is 110 Å². The van der Waals surface area contributed by atoms with Crippen molar-refractivity contribution in [2.45, 2.75) is 43.9 Å². The molecule has 2 atom stereocenters. The summed E-state index contributed by atoms with van der Waals surface area (Å²) in [4.78, 5) is 17.1. The van der Waals surface area contributed by atoms with Gasteiger partial charge < -0.3 is 11.1 Å². The number of anilines is 1. The zero-order valence-corrected chi connectivity index (χ0v) is 18.9. The molecule has 2 saturated carbocycles. The van der Waals surface area contributed by atoms with Crippen LogP contribution in [0.25, 0.3) is 0 Å². The lowest BCUT2D eigenvalue weighted by Gasteiger charge is -2.23. The predicted octanol–water partition coefficient (Wildman–Crippen LogP) is 4.16. The van der Waals surface area contributed by atoms with Crippen LogP contribution in [0.5, 0.6) is 0 Å². The van der Waals surface area contributed by atoms with E-state index in [9.17, 15) is 13.6 Å². The largest absolute Gasteiger partial charge is 0.382 e. The van der Waals surface area contributed by atoms with Gasteiger partial charge in [0.15, 0.2) is 11.0 Å². The smallest absolute Gasteiger partial charge is 0.248 e. The molecule has 5 N–H and O–H groups in total. The SMILES string of the molecule is N/C(=N\N(N)CC1CC1)c1ccc(C(C(=O)Nc2ncc(Cl)s2)C2CCC(F)(F)C2)cc1. The molecule has 2 aliphatic rings. The zero-order chi connectivity index (χ0) is 22.9. The molecule has 0 saturated heterocycles. The number of hydrogen-bond donors (Lipinski definition) is 3. The Labute approximate surface area is 193 Å². The Kier molecular flexibility index (Phi) is 6.64. The van der Waals surface area contributed by atoms with Gasteiger partial charge in [-0.25, -0.2) is 24.7 Å². The van der Waals surface area contributed by atoms with Crippen LogP contribution < -0.4 is 16.9 Å². The van der Waals surface area contributed by atoms with Crippen molar-refractivity contribution in [2.75, 3.05) is 11.9 Å². The number of nitrogens with one attached hydrogen (secondary N) is 1. The first-order valence-electron chi connectivity index (χ1n) is 10.5. The van der Waals surface area contributed by atoms with E-state index in [1.165, 1.54) is 11.3 Å². The Balaban J connectivity index is 1.53. The Bertz CT molecular complexity index is 994. The van der Waals surface area contributed by atoms with Crippen LogP contribution >= 0.6 is 22.9 Å². The van der Waals surface area contributed by atoms with Crippen LogP contribution in [0.2, 0.25) is 4.34 Å². The van der Waals surface area contributed by atoms with E-state index in [-0.39, 0.29) is 31.0 Å². The summed E-state index contributed by atoms with van der Waals surface area (Å²) in [6.07, 6.45) is 3.43. The molecule has 7 nitrogen and oxygen atoms in total. The van der Waals surface area contributed by atoms with Gasteiger partial charge in [0.2, 0.25) is 11.8 Å². The highest BCUT2D eigenvalue weighted by molar-refractivity contribution is 7.19. The maximum absolute atomic E-state index is 13.9. The summed E-state index contributed by atoms with van der Waals surface area (Å²) in [5, 5.41) is 8.60. The molecule has 0 aliphatic heterocycles. The summed E-state index contributed by atoms with van der Waals surface area (Å²) >= 11 is 7.01. The van der Waals surface area contributed by atoms with Gasteiger partial charge in [-0.05, 0) is 36.7 Å². The monoisotopic (exact) mass is 482 g/mol. The lowest BCUT2D eigenvalue weighted by atomic mass is 9.83. The number of nitrogens with zero attached hydrogens (tertiary/aromatic N) is 3. The second kappa shape index (κ2) is 9.29. The number of thiazole rings is 1. The van der Waals surface area contributed by atoms with Crippen molar-refractivity contribution in [3.63, 3.8) is 0 Å². The molecule has 32 heavy (non-hydrogen) atoms. The summed E-state index contributed by atoms with van der Waals surface area (Å²) in [7, 11) is 0. The third-order valence-corrected chi connectivity index (χ3v) is 6.88. The van der Waals surface area contributed by atoms with Crippen molar-refractivity contribution in [3.05, 3.63) is 45.9 Å². The molecule has 0 radical (unpaired) electrons. The number of rotatable bonds is 8. The molecule has 172 valence electrons. The van der Waals surface area contributed by atoms with Gasteiger partial charge in [0.25, 0.3) is 0 Å². The minimum absolute atomic E-state index is 0.227. The third-order valence-electron chi connectivity index (χ3n) is 5.85. The highest BCUT2D eigenvalue weighted by Crippen LogP contribution is 2.46. The molecule has 11 heteroatoms. The fraction of sp³-hybridized carbons (Fsp3) is 0.476. The standard InChI is InChI=1S/C21H25ClF2N6OS/c22-16-10-27-20(32-16)28-19(31)17(15-7-8-21(23,24)9-15)13-3-5-14(6-4-13)18(25)29-30(26)11-12-1-2-12/h3-6,10,12,15,17H,1-2,7-9,11,26H2,(H2,25,29)(H,27,28,31). The van der Waals surface area contributed by atoms with E-state index in [0.29, 0.717) is 33.1 Å². The van der Waals surface area contributed by atoms with Crippen LogP contribution in [0, 0.1) is 11.8 Å². The van der Waals surface area contributed by atoms with Crippen molar-refractivity contribution < 1.29 is 13.6 Å². The zero-order valence-electron chi connectivity index (χ0n) is 17.3. The Morgan fingerprint density at radius 1 is 1.34 bits per heavy atom. The number of carbonyl (C=O) groups is 1. The number of hydrazone groups is 1. The minimum Gasteiger partial charge on any atom is -0.382 e. The number of amides is 1. The lowest BCUT2D eigenvalue weighted by Crippen LogP contribution is -2.31.